The van der Waals surface area contributed by atoms with Crippen molar-refractivity contribution < 1.29 is 28.2 Å². The lowest BCUT2D eigenvalue weighted by atomic mass is 10.0. The first kappa shape index (κ1) is 19.5. The van der Waals surface area contributed by atoms with Crippen molar-refractivity contribution in [2.75, 3.05) is 19.8 Å². The normalized spacial score (nSPS) is 10.6. The van der Waals surface area contributed by atoms with E-state index in [1.54, 1.807) is 32.9 Å². The van der Waals surface area contributed by atoms with E-state index in [0.29, 0.717) is 29.9 Å². The van der Waals surface area contributed by atoms with Crippen LogP contribution in [-0.2, 0) is 25.5 Å². The molecule has 1 aromatic heterocycles. The number of benzene rings is 1. The fraction of sp³-hybridized carbons (Fsp3) is 0.421. The fourth-order valence-corrected chi connectivity index (χ4v) is 2.53. The molecule has 0 unspecified atom stereocenters. The maximum atomic E-state index is 11.7. The molecule has 0 spiro atoms. The minimum Gasteiger partial charge on any atom is -0.481 e. The summed E-state index contributed by atoms with van der Waals surface area (Å²) in [6, 6.07) is 4.76. The zero-order valence-corrected chi connectivity index (χ0v) is 15.1. The number of carbonyl (C=O) groups excluding carboxylic acids is 2. The highest BCUT2D eigenvalue weighted by Gasteiger charge is 2.14. The van der Waals surface area contributed by atoms with Crippen molar-refractivity contribution >= 4 is 22.9 Å². The Hall–Kier alpha value is -2.83. The zero-order chi connectivity index (χ0) is 19.1. The molecule has 2 aromatic rings. The number of carbonyl (C=O) groups is 2. The maximum Gasteiger partial charge on any atom is 0.344 e. The second kappa shape index (κ2) is 9.03. The van der Waals surface area contributed by atoms with Crippen LogP contribution in [0.5, 0.6) is 5.75 Å². The Morgan fingerprint density at radius 3 is 2.42 bits per heavy atom. The Bertz CT molecular complexity index is 851. The summed E-state index contributed by atoms with van der Waals surface area (Å²) >= 11 is 0. The van der Waals surface area contributed by atoms with Crippen molar-refractivity contribution in [3.05, 3.63) is 39.7 Å². The summed E-state index contributed by atoms with van der Waals surface area (Å²) in [6.07, 6.45) is 0.538. The summed E-state index contributed by atoms with van der Waals surface area (Å²) in [5.74, 6) is -0.460. The number of fused-ring (bicyclic) bond motifs is 1. The molecule has 0 aliphatic carbocycles. The third-order valence-corrected chi connectivity index (χ3v) is 3.69. The summed E-state index contributed by atoms with van der Waals surface area (Å²) in [7, 11) is 0. The van der Waals surface area contributed by atoms with E-state index in [1.165, 1.54) is 6.07 Å². The van der Waals surface area contributed by atoms with Crippen molar-refractivity contribution in [2.24, 2.45) is 0 Å². The number of hydrogen-bond donors (Lipinski definition) is 0. The third-order valence-electron chi connectivity index (χ3n) is 3.69. The lowest BCUT2D eigenvalue weighted by Gasteiger charge is -2.13. The van der Waals surface area contributed by atoms with E-state index < -0.39 is 11.6 Å². The van der Waals surface area contributed by atoms with Gasteiger partial charge < -0.3 is 18.6 Å². The molecular formula is C19H22O7. The van der Waals surface area contributed by atoms with Gasteiger partial charge in [0.25, 0.3) is 0 Å². The Balaban J connectivity index is 2.34. The van der Waals surface area contributed by atoms with Crippen LogP contribution in [0.3, 0.4) is 0 Å². The minimum atomic E-state index is -0.505. The topological polar surface area (TPSA) is 92.0 Å². The molecule has 0 atom stereocenters. The highest BCUT2D eigenvalue weighted by molar-refractivity contribution is 5.83. The predicted molar refractivity (Wildman–Crippen MR) is 94.3 cm³/mol. The van der Waals surface area contributed by atoms with Gasteiger partial charge in [0.1, 0.15) is 11.3 Å². The average molecular weight is 362 g/mol. The third kappa shape index (κ3) is 5.08. The van der Waals surface area contributed by atoms with Gasteiger partial charge in [0, 0.05) is 23.9 Å². The van der Waals surface area contributed by atoms with E-state index in [2.05, 4.69) is 0 Å². The van der Waals surface area contributed by atoms with Crippen LogP contribution in [-0.4, -0.2) is 31.8 Å². The Morgan fingerprint density at radius 2 is 1.73 bits per heavy atom. The molecule has 0 N–H and O–H groups in total. The van der Waals surface area contributed by atoms with E-state index >= 15 is 0 Å². The summed E-state index contributed by atoms with van der Waals surface area (Å²) in [5.41, 5.74) is 1.36. The van der Waals surface area contributed by atoms with Gasteiger partial charge in [-0.15, -0.1) is 0 Å². The van der Waals surface area contributed by atoms with Crippen LogP contribution >= 0.6 is 0 Å². The van der Waals surface area contributed by atoms with Crippen LogP contribution in [0.2, 0.25) is 0 Å². The first-order valence-electron chi connectivity index (χ1n) is 8.46. The number of rotatable bonds is 8. The van der Waals surface area contributed by atoms with Crippen molar-refractivity contribution in [3.63, 3.8) is 0 Å². The van der Waals surface area contributed by atoms with Crippen LogP contribution in [0.4, 0.5) is 0 Å². The number of esters is 2. The van der Waals surface area contributed by atoms with E-state index in [1.807, 2.05) is 0 Å². The standard InChI is InChI=1S/C19H22O7/c1-4-23-17(20)7-6-13-9-14-12(3)8-18(21)26-16(14)10-15(13)25-11-19(22)24-5-2/h8-10H,4-7,11H2,1-3H3. The molecule has 0 aliphatic rings. The van der Waals surface area contributed by atoms with Gasteiger partial charge in [0.15, 0.2) is 6.61 Å². The molecule has 0 bridgehead atoms. The molecular weight excluding hydrogens is 340 g/mol. The van der Waals surface area contributed by atoms with E-state index in [9.17, 15) is 14.4 Å². The summed E-state index contributed by atoms with van der Waals surface area (Å²) in [4.78, 5) is 34.8. The smallest absolute Gasteiger partial charge is 0.344 e. The number of ether oxygens (including phenoxy) is 3. The van der Waals surface area contributed by atoms with Gasteiger partial charge in [-0.2, -0.15) is 0 Å². The molecule has 0 saturated heterocycles. The molecule has 140 valence electrons. The molecule has 0 aliphatic heterocycles. The van der Waals surface area contributed by atoms with E-state index in [-0.39, 0.29) is 25.6 Å². The minimum absolute atomic E-state index is 0.172. The van der Waals surface area contributed by atoms with Crippen LogP contribution in [0, 0.1) is 6.92 Å². The van der Waals surface area contributed by atoms with Gasteiger partial charge in [0.05, 0.1) is 13.2 Å². The van der Waals surface area contributed by atoms with Gasteiger partial charge in [-0.3, -0.25) is 4.79 Å². The molecule has 1 aromatic carbocycles. The van der Waals surface area contributed by atoms with Crippen LogP contribution in [0.25, 0.3) is 11.0 Å². The van der Waals surface area contributed by atoms with Crippen molar-refractivity contribution in [3.8, 4) is 5.75 Å². The van der Waals surface area contributed by atoms with Gasteiger partial charge in [-0.1, -0.05) is 0 Å². The highest BCUT2D eigenvalue weighted by Crippen LogP contribution is 2.28. The number of aryl methyl sites for hydroxylation is 2. The number of hydrogen-bond acceptors (Lipinski definition) is 7. The second-order valence-corrected chi connectivity index (χ2v) is 5.60. The molecule has 0 fully saturated rings. The van der Waals surface area contributed by atoms with Gasteiger partial charge in [-0.25, -0.2) is 9.59 Å². The fourth-order valence-electron chi connectivity index (χ4n) is 2.53. The first-order valence-corrected chi connectivity index (χ1v) is 8.46. The monoisotopic (exact) mass is 362 g/mol. The summed E-state index contributed by atoms with van der Waals surface area (Å²) in [6.45, 7) is 5.54. The molecule has 7 heteroatoms. The lowest BCUT2D eigenvalue weighted by molar-refractivity contribution is -0.145. The van der Waals surface area contributed by atoms with Crippen LogP contribution < -0.4 is 10.4 Å². The largest absolute Gasteiger partial charge is 0.481 e. The SMILES string of the molecule is CCOC(=O)CCc1cc2c(C)cc(=O)oc2cc1OCC(=O)OCC. The van der Waals surface area contributed by atoms with Gasteiger partial charge in [-0.05, 0) is 44.4 Å². The molecule has 0 saturated carbocycles. The van der Waals surface area contributed by atoms with E-state index in [4.69, 9.17) is 18.6 Å². The van der Waals surface area contributed by atoms with Crippen LogP contribution in [0.15, 0.2) is 27.4 Å². The van der Waals surface area contributed by atoms with E-state index in [0.717, 1.165) is 10.9 Å². The summed E-state index contributed by atoms with van der Waals surface area (Å²) < 4.78 is 20.6. The highest BCUT2D eigenvalue weighted by atomic mass is 16.6. The summed E-state index contributed by atoms with van der Waals surface area (Å²) in [5, 5.41) is 0.743. The van der Waals surface area contributed by atoms with Gasteiger partial charge >= 0.3 is 17.6 Å². The Morgan fingerprint density at radius 1 is 1.04 bits per heavy atom. The lowest BCUT2D eigenvalue weighted by Crippen LogP contribution is -2.15. The quantitative estimate of drug-likeness (QED) is 0.526. The maximum absolute atomic E-state index is 11.7. The first-order chi connectivity index (χ1) is 12.4. The molecule has 0 radical (unpaired) electrons. The van der Waals surface area contributed by atoms with Crippen molar-refractivity contribution in [2.45, 2.75) is 33.6 Å². The predicted octanol–water partition coefficient (Wildman–Crippen LogP) is 2.54. The van der Waals surface area contributed by atoms with Gasteiger partial charge in [0.2, 0.25) is 0 Å². The Kier molecular flexibility index (Phi) is 6.77. The van der Waals surface area contributed by atoms with Crippen molar-refractivity contribution in [1.29, 1.82) is 0 Å². The average Bonchev–Trinajstić information content (AvgIpc) is 2.58. The van der Waals surface area contributed by atoms with Crippen molar-refractivity contribution in [1.82, 2.24) is 0 Å². The molecule has 0 amide bonds. The molecule has 7 nitrogen and oxygen atoms in total. The molecule has 26 heavy (non-hydrogen) atoms. The zero-order valence-electron chi connectivity index (χ0n) is 15.1. The van der Waals surface area contributed by atoms with Crippen LogP contribution in [0.1, 0.15) is 31.4 Å². The second-order valence-electron chi connectivity index (χ2n) is 5.60. The Labute approximate surface area is 150 Å². The molecule has 2 rings (SSSR count). The molecule has 1 heterocycles.